The van der Waals surface area contributed by atoms with Crippen molar-refractivity contribution in [3.05, 3.63) is 33.9 Å². The van der Waals surface area contributed by atoms with Crippen LogP contribution in [0.25, 0.3) is 10.9 Å². The molecule has 0 unspecified atom stereocenters. The molecule has 41 heavy (non-hydrogen) atoms. The van der Waals surface area contributed by atoms with Crippen molar-refractivity contribution in [2.24, 2.45) is 5.92 Å². The molecule has 12 nitrogen and oxygen atoms in total. The van der Waals surface area contributed by atoms with Gasteiger partial charge in [-0.2, -0.15) is 0 Å². The summed E-state index contributed by atoms with van der Waals surface area (Å²) in [4.78, 5) is 65.8. The molecule has 5 N–H and O–H groups in total. The fraction of sp³-hybridized carbons (Fsp3) is 0.600. The predicted octanol–water partition coefficient (Wildman–Crippen LogP) is 3.01. The van der Waals surface area contributed by atoms with E-state index in [0.717, 1.165) is 32.2 Å². The first-order valence-corrected chi connectivity index (χ1v) is 17.9. The van der Waals surface area contributed by atoms with Crippen LogP contribution in [0.2, 0.25) is 0 Å². The molecule has 3 heterocycles. The number of carbonyl (C=O) groups is 1. The number of nitrogens with one attached hydrogen (secondary N) is 1. The van der Waals surface area contributed by atoms with Crippen LogP contribution in [0.3, 0.4) is 0 Å². The van der Waals surface area contributed by atoms with E-state index < -0.39 is 43.4 Å². The highest BCUT2D eigenvalue weighted by Gasteiger charge is 2.43. The highest BCUT2D eigenvalue weighted by atomic mass is 32.2. The Morgan fingerprint density at radius 1 is 1.20 bits per heavy atom. The Balaban J connectivity index is 1.44. The average molecular weight is 634 g/mol. The van der Waals surface area contributed by atoms with Gasteiger partial charge < -0.3 is 39.1 Å². The first-order chi connectivity index (χ1) is 19.3. The Morgan fingerprint density at radius 2 is 1.90 bits per heavy atom. The monoisotopic (exact) mass is 633 g/mol. The van der Waals surface area contributed by atoms with E-state index in [4.69, 9.17) is 4.74 Å². The molecule has 16 heteroatoms. The molecule has 1 aromatic carbocycles. The third kappa shape index (κ3) is 6.31. The van der Waals surface area contributed by atoms with Crippen LogP contribution in [0, 0.1) is 11.7 Å². The van der Waals surface area contributed by atoms with Gasteiger partial charge in [-0.05, 0) is 57.1 Å². The zero-order valence-corrected chi connectivity index (χ0v) is 25.0. The molecule has 0 amide bonds. The van der Waals surface area contributed by atoms with E-state index in [0.29, 0.717) is 42.0 Å². The van der Waals surface area contributed by atoms with Crippen LogP contribution in [-0.4, -0.2) is 73.2 Å². The molecule has 1 aromatic heterocycles. The fourth-order valence-corrected chi connectivity index (χ4v) is 9.39. The molecule has 0 bridgehead atoms. The number of carbonyl (C=O) groups excluding carboxylic acids is 1. The van der Waals surface area contributed by atoms with Gasteiger partial charge in [0.15, 0.2) is 17.0 Å². The van der Waals surface area contributed by atoms with Gasteiger partial charge in [0, 0.05) is 37.1 Å². The minimum Gasteiger partial charge on any atom is -0.492 e. The largest absolute Gasteiger partial charge is 0.492 e. The molecule has 5 rings (SSSR count). The Hall–Kier alpha value is -1.76. The second kappa shape index (κ2) is 11.7. The third-order valence-electron chi connectivity index (χ3n) is 8.09. The van der Waals surface area contributed by atoms with Gasteiger partial charge in [0.2, 0.25) is 10.5 Å². The van der Waals surface area contributed by atoms with E-state index >= 15 is 4.39 Å². The lowest BCUT2D eigenvalue weighted by Crippen LogP contribution is -2.40. The first-order valence-electron chi connectivity index (χ1n) is 13.5. The molecule has 2 atom stereocenters. The molecule has 1 aliphatic carbocycles. The van der Waals surface area contributed by atoms with Crippen LogP contribution in [0.5, 0.6) is 5.75 Å². The van der Waals surface area contributed by atoms with Crippen LogP contribution < -0.4 is 20.4 Å². The predicted molar refractivity (Wildman–Crippen MR) is 154 cm³/mol. The number of ether oxygens (including phenoxy) is 1. The summed E-state index contributed by atoms with van der Waals surface area (Å²) < 4.78 is 46.3. The summed E-state index contributed by atoms with van der Waals surface area (Å²) in [6.45, 7) is 2.22. The van der Waals surface area contributed by atoms with Crippen LogP contribution in [0.15, 0.2) is 17.1 Å². The Kier molecular flexibility index (Phi) is 8.78. The van der Waals surface area contributed by atoms with Crippen LogP contribution in [0.1, 0.15) is 54.9 Å². The second-order valence-corrected chi connectivity index (χ2v) is 16.0. The highest BCUT2D eigenvalue weighted by molar-refractivity contribution is 8.14. The van der Waals surface area contributed by atoms with Crippen molar-refractivity contribution in [1.29, 1.82) is 0 Å². The Morgan fingerprint density at radius 3 is 2.51 bits per heavy atom. The van der Waals surface area contributed by atoms with E-state index in [1.165, 1.54) is 19.4 Å². The van der Waals surface area contributed by atoms with Crippen molar-refractivity contribution in [2.75, 3.05) is 37.4 Å². The summed E-state index contributed by atoms with van der Waals surface area (Å²) in [5.41, 5.74) is -0.0743. The molecular formula is C25H34FN3O9P2S. The number of aromatic nitrogens is 1. The summed E-state index contributed by atoms with van der Waals surface area (Å²) in [6.07, 6.45) is 4.65. The molecule has 3 fully saturated rings. The zero-order valence-electron chi connectivity index (χ0n) is 22.4. The number of hydrogen-bond donors (Lipinski definition) is 5. The van der Waals surface area contributed by atoms with Gasteiger partial charge in [0.25, 0.3) is 0 Å². The average Bonchev–Trinajstić information content (AvgIpc) is 3.64. The maximum absolute atomic E-state index is 15.8. The van der Waals surface area contributed by atoms with Crippen molar-refractivity contribution in [1.82, 2.24) is 9.88 Å². The SMILES string of the molecule is COc1c(N2C[C@@H]3CCCN[C@@H]3C2)c(F)cc2c(=O)c(C(=O)SCCCC(P(=O)(O)O)P(=O)(O)O)cn(C3CC3)c12. The lowest BCUT2D eigenvalue weighted by molar-refractivity contribution is 0.108. The lowest BCUT2D eigenvalue weighted by Gasteiger charge is -2.25. The Bertz CT molecular complexity index is 1470. The van der Waals surface area contributed by atoms with Gasteiger partial charge in [-0.25, -0.2) is 4.39 Å². The molecule has 2 aromatic rings. The molecule has 226 valence electrons. The van der Waals surface area contributed by atoms with Gasteiger partial charge in [0.05, 0.1) is 23.6 Å². The number of nitrogens with zero attached hydrogens (tertiary/aromatic N) is 2. The van der Waals surface area contributed by atoms with Crippen molar-refractivity contribution in [2.45, 2.75) is 56.0 Å². The number of pyridine rings is 1. The number of thioether (sulfide) groups is 1. The van der Waals surface area contributed by atoms with Crippen LogP contribution in [0.4, 0.5) is 10.1 Å². The maximum Gasteiger partial charge on any atom is 0.340 e. The molecule has 2 saturated heterocycles. The topological polar surface area (TPSA) is 179 Å². The standard InChI is InChI=1S/C25H34FN3O9P2S/c1-38-24-21-16(10-18(26)22(24)28-11-14-4-2-8-27-19(14)13-28)23(30)17(12-29(21)15-6-7-15)25(31)41-9-3-5-20(39(32,33)34)40(35,36)37/h10,12,14-15,19-20,27H,2-9,11,13H2,1H3,(H2,32,33,34)(H2,35,36,37)/t14-,19+/m0/s1. The van der Waals surface area contributed by atoms with Gasteiger partial charge in [-0.1, -0.05) is 11.8 Å². The molecule has 3 aliphatic rings. The number of halogens is 1. The third-order valence-corrected chi connectivity index (χ3v) is 12.9. The summed E-state index contributed by atoms with van der Waals surface area (Å²) in [5, 5.41) is 0.763. The highest BCUT2D eigenvalue weighted by Crippen LogP contribution is 2.61. The van der Waals surface area contributed by atoms with Crippen LogP contribution >= 0.6 is 27.0 Å². The van der Waals surface area contributed by atoms with E-state index in [1.807, 2.05) is 9.47 Å². The van der Waals surface area contributed by atoms with E-state index in [2.05, 4.69) is 5.32 Å². The first kappa shape index (κ1) is 30.7. The number of anilines is 1. The number of benzene rings is 1. The molecular weight excluding hydrogens is 599 g/mol. The fourth-order valence-electron chi connectivity index (χ4n) is 5.99. The molecule has 0 radical (unpaired) electrons. The number of methoxy groups -OCH3 is 1. The van der Waals surface area contributed by atoms with Crippen molar-refractivity contribution >= 4 is 48.7 Å². The van der Waals surface area contributed by atoms with Gasteiger partial charge >= 0.3 is 15.2 Å². The maximum atomic E-state index is 15.8. The summed E-state index contributed by atoms with van der Waals surface area (Å²) >= 11 is 0.707. The van der Waals surface area contributed by atoms with Gasteiger partial charge in [0.1, 0.15) is 5.69 Å². The minimum absolute atomic E-state index is 0.0111. The number of hydrogen-bond acceptors (Lipinski definition) is 8. The number of fused-ring (bicyclic) bond motifs is 2. The number of piperidine rings is 1. The molecule has 0 spiro atoms. The second-order valence-electron chi connectivity index (χ2n) is 11.0. The summed E-state index contributed by atoms with van der Waals surface area (Å²) in [5.74, 6) is 0.0174. The van der Waals surface area contributed by atoms with Crippen molar-refractivity contribution in [3.63, 3.8) is 0 Å². The molecule has 1 saturated carbocycles. The zero-order chi connectivity index (χ0) is 29.7. The van der Waals surface area contributed by atoms with Crippen LogP contribution in [-0.2, 0) is 9.13 Å². The van der Waals surface area contributed by atoms with Gasteiger partial charge in [-0.15, -0.1) is 0 Å². The quantitative estimate of drug-likeness (QED) is 0.191. The van der Waals surface area contributed by atoms with Crippen molar-refractivity contribution < 1.29 is 42.6 Å². The minimum atomic E-state index is -5.06. The summed E-state index contributed by atoms with van der Waals surface area (Å²) in [6, 6.07) is 1.44. The van der Waals surface area contributed by atoms with Gasteiger partial charge in [-0.3, -0.25) is 18.7 Å². The van der Waals surface area contributed by atoms with E-state index in [-0.39, 0.29) is 41.0 Å². The van der Waals surface area contributed by atoms with Crippen molar-refractivity contribution in [3.8, 4) is 5.75 Å². The Labute approximate surface area is 240 Å². The molecule has 2 aliphatic heterocycles. The lowest BCUT2D eigenvalue weighted by atomic mass is 9.94. The summed E-state index contributed by atoms with van der Waals surface area (Å²) in [7, 11) is -8.68. The van der Waals surface area contributed by atoms with E-state index in [9.17, 15) is 38.3 Å². The van der Waals surface area contributed by atoms with E-state index in [1.54, 1.807) is 0 Å². The normalized spacial score (nSPS) is 21.5. The number of rotatable bonds is 10. The smallest absolute Gasteiger partial charge is 0.340 e.